The summed E-state index contributed by atoms with van der Waals surface area (Å²) >= 11 is 9.51. The van der Waals surface area contributed by atoms with Gasteiger partial charge >= 0.3 is 7.82 Å². The number of phosphoric acid groups is 1. The fourth-order valence-electron chi connectivity index (χ4n) is 0.451. The predicted molar refractivity (Wildman–Crippen MR) is 65.9 cm³/mol. The van der Waals surface area contributed by atoms with E-state index < -0.39 is 33.2 Å². The fraction of sp³-hybridized carbons (Fsp3) is 1.00. The first-order chi connectivity index (χ1) is 8.22. The SMILES string of the molecule is CC(C)OP(=O)(OCl)OCl.NC(CO)(CO)CO. The topological polar surface area (TPSA) is 131 Å². The van der Waals surface area contributed by atoms with Crippen LogP contribution in [0.4, 0.5) is 0 Å². The number of nitrogens with two attached hydrogens (primary N) is 1. The minimum atomic E-state index is -3.71. The molecule has 0 aliphatic rings. The van der Waals surface area contributed by atoms with Gasteiger partial charge in [0.05, 0.1) is 55.2 Å². The molecule has 5 N–H and O–H groups in total. The highest BCUT2D eigenvalue weighted by atomic mass is 35.5. The summed E-state index contributed by atoms with van der Waals surface area (Å²) in [5.74, 6) is 0. The number of hydrogen-bond acceptors (Lipinski definition) is 8. The molecule has 0 aromatic heterocycles. The first-order valence-electron chi connectivity index (χ1n) is 4.73. The Morgan fingerprint density at radius 1 is 1.17 bits per heavy atom. The van der Waals surface area contributed by atoms with Crippen LogP contribution in [0.1, 0.15) is 13.8 Å². The number of aliphatic hydroxyl groups excluding tert-OH is 3. The number of rotatable bonds is 7. The van der Waals surface area contributed by atoms with Crippen LogP contribution in [0.15, 0.2) is 0 Å². The molecule has 8 nitrogen and oxygen atoms in total. The molecule has 0 aromatic rings. The zero-order chi connectivity index (χ0) is 14.8. The van der Waals surface area contributed by atoms with Gasteiger partial charge in [-0.25, -0.2) is 4.57 Å². The van der Waals surface area contributed by atoms with Crippen LogP contribution in [-0.4, -0.2) is 46.8 Å². The molecule has 0 spiro atoms. The van der Waals surface area contributed by atoms with E-state index in [0.29, 0.717) is 0 Å². The van der Waals surface area contributed by atoms with Crippen molar-refractivity contribution in [2.24, 2.45) is 5.73 Å². The van der Waals surface area contributed by atoms with Crippen LogP contribution in [0.3, 0.4) is 0 Å². The average molecular weight is 330 g/mol. The molecule has 0 saturated heterocycles. The molecule has 0 unspecified atom stereocenters. The maximum atomic E-state index is 10.8. The van der Waals surface area contributed by atoms with Crippen LogP contribution in [0.2, 0.25) is 0 Å². The van der Waals surface area contributed by atoms with Crippen LogP contribution < -0.4 is 5.73 Å². The Morgan fingerprint density at radius 3 is 1.56 bits per heavy atom. The van der Waals surface area contributed by atoms with Gasteiger partial charge in [-0.3, -0.25) is 4.52 Å². The molecule has 0 atom stereocenters. The van der Waals surface area contributed by atoms with E-state index in [1.807, 2.05) is 0 Å². The number of aliphatic hydroxyl groups is 3. The average Bonchev–Trinajstić information content (AvgIpc) is 2.37. The summed E-state index contributed by atoms with van der Waals surface area (Å²) in [6.07, 6.45) is -0.330. The van der Waals surface area contributed by atoms with E-state index in [1.54, 1.807) is 13.8 Å². The Bertz CT molecular complexity index is 236. The lowest BCUT2D eigenvalue weighted by molar-refractivity contribution is 0.0697. The molecule has 11 heteroatoms. The minimum Gasteiger partial charge on any atom is -0.394 e. The molecule has 0 aliphatic carbocycles. The molecular weight excluding hydrogens is 312 g/mol. The van der Waals surface area contributed by atoms with Gasteiger partial charge in [-0.15, -0.1) is 0 Å². The molecule has 0 aromatic carbocycles. The molecule has 0 radical (unpaired) electrons. The van der Waals surface area contributed by atoms with Crippen LogP contribution in [0.5, 0.6) is 0 Å². The second-order valence-electron chi connectivity index (χ2n) is 3.58. The standard InChI is InChI=1S/C4H11NO3.C3H7Cl2O4P/c5-4(1-6,2-7)3-8;1-3(2)7-10(6,8-4)9-5/h6-8H,1-3,5H2;3H,1-2H3. The van der Waals surface area contributed by atoms with Gasteiger partial charge in [-0.2, -0.15) is 8.15 Å². The highest BCUT2D eigenvalue weighted by molar-refractivity contribution is 7.50. The Kier molecular flexibility index (Phi) is 12.0. The maximum Gasteiger partial charge on any atom is 0.508 e. The highest BCUT2D eigenvalue weighted by Crippen LogP contribution is 2.52. The van der Waals surface area contributed by atoms with E-state index in [2.05, 4.69) is 12.7 Å². The minimum absolute atomic E-state index is 0.330. The Morgan fingerprint density at radius 2 is 1.50 bits per heavy atom. The summed E-state index contributed by atoms with van der Waals surface area (Å²) < 4.78 is 23.1. The van der Waals surface area contributed by atoms with E-state index in [9.17, 15) is 4.57 Å². The van der Waals surface area contributed by atoms with Crippen molar-refractivity contribution < 1.29 is 32.6 Å². The fourth-order valence-corrected chi connectivity index (χ4v) is 1.50. The largest absolute Gasteiger partial charge is 0.508 e. The lowest BCUT2D eigenvalue weighted by Gasteiger charge is -2.20. The third-order valence-corrected chi connectivity index (χ3v) is 3.49. The predicted octanol–water partition coefficient (Wildman–Crippen LogP) is 0.521. The number of halogens is 2. The van der Waals surface area contributed by atoms with Gasteiger partial charge in [-0.1, -0.05) is 0 Å². The molecule has 18 heavy (non-hydrogen) atoms. The first kappa shape index (κ1) is 20.8. The zero-order valence-corrected chi connectivity index (χ0v) is 12.4. The molecule has 0 aliphatic heterocycles. The van der Waals surface area contributed by atoms with E-state index in [-0.39, 0.29) is 6.10 Å². The van der Waals surface area contributed by atoms with Gasteiger partial charge in [-0.05, 0) is 13.8 Å². The number of hydrogen-bond donors (Lipinski definition) is 4. The Hall–Kier alpha value is 0.530. The van der Waals surface area contributed by atoms with Gasteiger partial charge in [0.1, 0.15) is 0 Å². The van der Waals surface area contributed by atoms with Gasteiger partial charge < -0.3 is 21.1 Å². The first-order valence-corrected chi connectivity index (χ1v) is 6.81. The van der Waals surface area contributed by atoms with Crippen LogP contribution in [-0.2, 0) is 17.2 Å². The van der Waals surface area contributed by atoms with Crippen molar-refractivity contribution >= 4 is 31.6 Å². The van der Waals surface area contributed by atoms with Gasteiger partial charge in [0.2, 0.25) is 0 Å². The normalized spacial score (nSPS) is 12.3. The van der Waals surface area contributed by atoms with Gasteiger partial charge in [0.25, 0.3) is 0 Å². The summed E-state index contributed by atoms with van der Waals surface area (Å²) in [6, 6.07) is 0. The summed E-state index contributed by atoms with van der Waals surface area (Å²) in [5, 5.41) is 25.0. The van der Waals surface area contributed by atoms with Gasteiger partial charge in [0, 0.05) is 0 Å². The lowest BCUT2D eigenvalue weighted by atomic mass is 10.1. The molecular formula is C7H18Cl2NO7P. The third-order valence-electron chi connectivity index (χ3n) is 1.45. The lowest BCUT2D eigenvalue weighted by Crippen LogP contribution is -2.50. The van der Waals surface area contributed by atoms with E-state index >= 15 is 0 Å². The second kappa shape index (κ2) is 10.3. The van der Waals surface area contributed by atoms with Crippen molar-refractivity contribution in [1.29, 1.82) is 0 Å². The van der Waals surface area contributed by atoms with E-state index in [4.69, 9.17) is 44.8 Å². The third kappa shape index (κ3) is 9.46. The van der Waals surface area contributed by atoms with Crippen LogP contribution in [0, 0.1) is 0 Å². The van der Waals surface area contributed by atoms with Crippen molar-refractivity contribution in [1.82, 2.24) is 0 Å². The zero-order valence-electron chi connectivity index (χ0n) is 9.95. The van der Waals surface area contributed by atoms with Crippen LogP contribution in [0.25, 0.3) is 0 Å². The summed E-state index contributed by atoms with van der Waals surface area (Å²) in [5.41, 5.74) is 3.94. The monoisotopic (exact) mass is 329 g/mol. The Balaban J connectivity index is 0. The Labute approximate surface area is 115 Å². The van der Waals surface area contributed by atoms with Gasteiger partial charge in [0.15, 0.2) is 0 Å². The summed E-state index contributed by atoms with van der Waals surface area (Å²) in [4.78, 5) is 0. The molecule has 0 heterocycles. The van der Waals surface area contributed by atoms with Crippen molar-refractivity contribution in [3.63, 3.8) is 0 Å². The molecule has 0 saturated carbocycles. The van der Waals surface area contributed by atoms with E-state index in [0.717, 1.165) is 0 Å². The van der Waals surface area contributed by atoms with Crippen molar-refractivity contribution in [3.8, 4) is 0 Å². The molecule has 0 amide bonds. The smallest absolute Gasteiger partial charge is 0.394 e. The molecule has 112 valence electrons. The quantitative estimate of drug-likeness (QED) is 0.497. The van der Waals surface area contributed by atoms with Crippen molar-refractivity contribution in [3.05, 3.63) is 0 Å². The van der Waals surface area contributed by atoms with Crippen molar-refractivity contribution in [2.75, 3.05) is 19.8 Å². The maximum absolute atomic E-state index is 10.8. The molecule has 0 fully saturated rings. The van der Waals surface area contributed by atoms with Crippen molar-refractivity contribution in [2.45, 2.75) is 25.5 Å². The summed E-state index contributed by atoms with van der Waals surface area (Å²) in [6.45, 7) is 2.07. The van der Waals surface area contributed by atoms with E-state index in [1.165, 1.54) is 0 Å². The molecule has 0 bridgehead atoms. The molecule has 0 rings (SSSR count). The second-order valence-corrected chi connectivity index (χ2v) is 5.79. The summed E-state index contributed by atoms with van der Waals surface area (Å²) in [7, 11) is -3.71. The van der Waals surface area contributed by atoms with Crippen LogP contribution >= 0.6 is 31.6 Å². The highest BCUT2D eigenvalue weighted by Gasteiger charge is 2.27.